The molecule has 0 aliphatic carbocycles. The Bertz CT molecular complexity index is 88.9. The van der Waals surface area contributed by atoms with Crippen LogP contribution in [0, 0.1) is 0 Å². The van der Waals surface area contributed by atoms with Crippen LogP contribution in [0.25, 0.3) is 0 Å². The number of aliphatic hydroxyl groups is 1. The van der Waals surface area contributed by atoms with E-state index in [2.05, 4.69) is 19.9 Å². The van der Waals surface area contributed by atoms with E-state index in [1.807, 2.05) is 0 Å². The highest BCUT2D eigenvalue weighted by atomic mass is 16.3. The number of rotatable bonds is 5. The van der Waals surface area contributed by atoms with Crippen molar-refractivity contribution in [2.24, 2.45) is 0 Å². The molecule has 0 saturated carbocycles. The maximum Gasteiger partial charge on any atom is 0.0641 e. The van der Waals surface area contributed by atoms with E-state index in [0.717, 1.165) is 12.8 Å². The molecule has 0 aromatic heterocycles. The van der Waals surface area contributed by atoms with Crippen molar-refractivity contribution in [1.82, 2.24) is 0 Å². The van der Waals surface area contributed by atoms with Gasteiger partial charge in [-0.2, -0.15) is 0 Å². The SMILES string of the molecule is CCCC/C=C(/CC)CO. The third-order valence-corrected chi connectivity index (χ3v) is 1.65. The molecule has 1 N–H and O–H groups in total. The molecule has 0 aromatic carbocycles. The van der Waals surface area contributed by atoms with Crippen molar-refractivity contribution in [1.29, 1.82) is 0 Å². The first kappa shape index (κ1) is 9.70. The number of unbranched alkanes of at least 4 members (excludes halogenated alkanes) is 2. The van der Waals surface area contributed by atoms with Crippen molar-refractivity contribution in [3.8, 4) is 0 Å². The van der Waals surface area contributed by atoms with Crippen LogP contribution in [0.2, 0.25) is 0 Å². The van der Waals surface area contributed by atoms with Crippen LogP contribution >= 0.6 is 0 Å². The molecular formula is C9H18O. The summed E-state index contributed by atoms with van der Waals surface area (Å²) >= 11 is 0. The minimum atomic E-state index is 0.236. The Labute approximate surface area is 63.8 Å². The molecule has 0 heterocycles. The normalized spacial score (nSPS) is 12.1. The van der Waals surface area contributed by atoms with E-state index >= 15 is 0 Å². The molecule has 1 nitrogen and oxygen atoms in total. The van der Waals surface area contributed by atoms with Gasteiger partial charge in [0.05, 0.1) is 6.61 Å². The summed E-state index contributed by atoms with van der Waals surface area (Å²) in [5.74, 6) is 0. The molecule has 0 spiro atoms. The molecule has 1 heteroatoms. The average Bonchev–Trinajstić information content (AvgIpc) is 1.99. The van der Waals surface area contributed by atoms with Gasteiger partial charge in [0.2, 0.25) is 0 Å². The summed E-state index contributed by atoms with van der Waals surface area (Å²) < 4.78 is 0. The summed E-state index contributed by atoms with van der Waals surface area (Å²) in [5.41, 5.74) is 1.17. The van der Waals surface area contributed by atoms with Crippen molar-refractivity contribution in [2.75, 3.05) is 6.61 Å². The fourth-order valence-electron chi connectivity index (χ4n) is 0.831. The average molecular weight is 142 g/mol. The molecule has 0 amide bonds. The quantitative estimate of drug-likeness (QED) is 0.462. The summed E-state index contributed by atoms with van der Waals surface area (Å²) in [5, 5.41) is 8.76. The van der Waals surface area contributed by atoms with Gasteiger partial charge in [-0.3, -0.25) is 0 Å². The number of hydrogen-bond acceptors (Lipinski definition) is 1. The number of hydrogen-bond donors (Lipinski definition) is 1. The Morgan fingerprint density at radius 3 is 2.50 bits per heavy atom. The first-order chi connectivity index (χ1) is 4.85. The monoisotopic (exact) mass is 142 g/mol. The lowest BCUT2D eigenvalue weighted by Crippen LogP contribution is -1.87. The minimum absolute atomic E-state index is 0.236. The molecule has 0 bridgehead atoms. The van der Waals surface area contributed by atoms with Crippen LogP contribution in [0.15, 0.2) is 11.6 Å². The fourth-order valence-corrected chi connectivity index (χ4v) is 0.831. The lowest BCUT2D eigenvalue weighted by atomic mass is 10.1. The molecule has 0 aromatic rings. The summed E-state index contributed by atoms with van der Waals surface area (Å²) in [6.07, 6.45) is 6.74. The zero-order valence-electron chi connectivity index (χ0n) is 7.06. The van der Waals surface area contributed by atoms with Gasteiger partial charge in [0, 0.05) is 0 Å². The van der Waals surface area contributed by atoms with Gasteiger partial charge in [0.1, 0.15) is 0 Å². The van der Waals surface area contributed by atoms with Crippen molar-refractivity contribution in [2.45, 2.75) is 39.5 Å². The predicted octanol–water partition coefficient (Wildman–Crippen LogP) is 2.51. The summed E-state index contributed by atoms with van der Waals surface area (Å²) in [4.78, 5) is 0. The maximum absolute atomic E-state index is 8.76. The van der Waals surface area contributed by atoms with Gasteiger partial charge in [0.15, 0.2) is 0 Å². The van der Waals surface area contributed by atoms with E-state index < -0.39 is 0 Å². The Morgan fingerprint density at radius 2 is 2.10 bits per heavy atom. The molecule has 0 rings (SSSR count). The van der Waals surface area contributed by atoms with Crippen LogP contribution in [-0.4, -0.2) is 11.7 Å². The number of aliphatic hydroxyl groups excluding tert-OH is 1. The van der Waals surface area contributed by atoms with Crippen LogP contribution < -0.4 is 0 Å². The molecular weight excluding hydrogens is 124 g/mol. The zero-order valence-corrected chi connectivity index (χ0v) is 7.06. The Morgan fingerprint density at radius 1 is 1.40 bits per heavy atom. The Balaban J connectivity index is 3.43. The standard InChI is InChI=1S/C9H18O/c1-3-5-6-7-9(4-2)8-10/h7,10H,3-6,8H2,1-2H3/b9-7-. The summed E-state index contributed by atoms with van der Waals surface area (Å²) in [6.45, 7) is 4.49. The maximum atomic E-state index is 8.76. The molecule has 0 saturated heterocycles. The van der Waals surface area contributed by atoms with Crippen LogP contribution in [-0.2, 0) is 0 Å². The van der Waals surface area contributed by atoms with Gasteiger partial charge in [-0.15, -0.1) is 0 Å². The highest BCUT2D eigenvalue weighted by Gasteiger charge is 1.88. The van der Waals surface area contributed by atoms with Gasteiger partial charge in [-0.05, 0) is 18.4 Å². The molecule has 0 unspecified atom stereocenters. The number of allylic oxidation sites excluding steroid dienone is 1. The first-order valence-corrected chi connectivity index (χ1v) is 4.13. The van der Waals surface area contributed by atoms with Crippen molar-refractivity contribution in [3.63, 3.8) is 0 Å². The Hall–Kier alpha value is -0.300. The van der Waals surface area contributed by atoms with Gasteiger partial charge >= 0.3 is 0 Å². The molecule has 0 fully saturated rings. The molecule has 60 valence electrons. The smallest absolute Gasteiger partial charge is 0.0641 e. The molecule has 10 heavy (non-hydrogen) atoms. The molecule has 0 atom stereocenters. The van der Waals surface area contributed by atoms with Gasteiger partial charge < -0.3 is 5.11 Å². The van der Waals surface area contributed by atoms with Gasteiger partial charge in [-0.25, -0.2) is 0 Å². The summed E-state index contributed by atoms with van der Waals surface area (Å²) in [6, 6.07) is 0. The first-order valence-electron chi connectivity index (χ1n) is 4.13. The predicted molar refractivity (Wildman–Crippen MR) is 45.0 cm³/mol. The lowest BCUT2D eigenvalue weighted by molar-refractivity contribution is 0.327. The third kappa shape index (κ3) is 4.57. The second-order valence-electron chi connectivity index (χ2n) is 2.52. The van der Waals surface area contributed by atoms with Crippen molar-refractivity contribution >= 4 is 0 Å². The second-order valence-corrected chi connectivity index (χ2v) is 2.52. The van der Waals surface area contributed by atoms with E-state index in [-0.39, 0.29) is 6.61 Å². The zero-order chi connectivity index (χ0) is 7.82. The second kappa shape index (κ2) is 6.81. The fraction of sp³-hybridized carbons (Fsp3) is 0.778. The van der Waals surface area contributed by atoms with E-state index in [9.17, 15) is 0 Å². The van der Waals surface area contributed by atoms with E-state index in [4.69, 9.17) is 5.11 Å². The Kier molecular flexibility index (Phi) is 6.61. The van der Waals surface area contributed by atoms with Gasteiger partial charge in [0.25, 0.3) is 0 Å². The lowest BCUT2D eigenvalue weighted by Gasteiger charge is -1.97. The highest BCUT2D eigenvalue weighted by molar-refractivity contribution is 5.00. The van der Waals surface area contributed by atoms with Crippen molar-refractivity contribution in [3.05, 3.63) is 11.6 Å². The van der Waals surface area contributed by atoms with Gasteiger partial charge in [-0.1, -0.05) is 32.8 Å². The van der Waals surface area contributed by atoms with E-state index in [0.29, 0.717) is 0 Å². The van der Waals surface area contributed by atoms with Crippen LogP contribution in [0.1, 0.15) is 39.5 Å². The van der Waals surface area contributed by atoms with Crippen LogP contribution in [0.4, 0.5) is 0 Å². The summed E-state index contributed by atoms with van der Waals surface area (Å²) in [7, 11) is 0. The largest absolute Gasteiger partial charge is 0.392 e. The minimum Gasteiger partial charge on any atom is -0.392 e. The molecule has 0 radical (unpaired) electrons. The van der Waals surface area contributed by atoms with Crippen molar-refractivity contribution < 1.29 is 5.11 Å². The van der Waals surface area contributed by atoms with E-state index in [1.54, 1.807) is 0 Å². The third-order valence-electron chi connectivity index (χ3n) is 1.65. The topological polar surface area (TPSA) is 20.2 Å². The van der Waals surface area contributed by atoms with E-state index in [1.165, 1.54) is 18.4 Å². The van der Waals surface area contributed by atoms with Crippen LogP contribution in [0.3, 0.4) is 0 Å². The highest BCUT2D eigenvalue weighted by Crippen LogP contribution is 2.03. The molecule has 0 aliphatic heterocycles. The molecule has 0 aliphatic rings. The van der Waals surface area contributed by atoms with Crippen LogP contribution in [0.5, 0.6) is 0 Å².